The van der Waals surface area contributed by atoms with E-state index in [0.717, 1.165) is 16.0 Å². The average Bonchev–Trinajstić information content (AvgIpc) is 2.38. The van der Waals surface area contributed by atoms with E-state index in [1.807, 2.05) is 0 Å². The standard InChI is InChI=1S/C18H20S/c1-13-5-7-14(8-6-13)17(19)15-9-11-16(12-10-15)18(2,3)4/h5-12H,1-4H3. The van der Waals surface area contributed by atoms with Crippen LogP contribution in [-0.2, 0) is 5.41 Å². The molecule has 0 aliphatic carbocycles. The van der Waals surface area contributed by atoms with Gasteiger partial charge in [-0.1, -0.05) is 87.1 Å². The van der Waals surface area contributed by atoms with Gasteiger partial charge in [-0.15, -0.1) is 0 Å². The quantitative estimate of drug-likeness (QED) is 0.542. The Bertz CT molecular complexity index is 569. The lowest BCUT2D eigenvalue weighted by Gasteiger charge is -2.19. The lowest BCUT2D eigenvalue weighted by atomic mass is 9.86. The van der Waals surface area contributed by atoms with E-state index in [-0.39, 0.29) is 5.41 Å². The molecule has 0 bridgehead atoms. The Morgan fingerprint density at radius 3 is 1.63 bits per heavy atom. The van der Waals surface area contributed by atoms with E-state index >= 15 is 0 Å². The van der Waals surface area contributed by atoms with Gasteiger partial charge in [-0.3, -0.25) is 0 Å². The minimum atomic E-state index is 0.185. The van der Waals surface area contributed by atoms with Crippen LogP contribution in [0, 0.1) is 6.92 Å². The van der Waals surface area contributed by atoms with Gasteiger partial charge in [-0.25, -0.2) is 0 Å². The second-order valence-corrected chi connectivity index (χ2v) is 6.43. The van der Waals surface area contributed by atoms with E-state index in [2.05, 4.69) is 76.2 Å². The number of rotatable bonds is 2. The largest absolute Gasteiger partial charge is 0.0788 e. The van der Waals surface area contributed by atoms with Gasteiger partial charge in [-0.2, -0.15) is 0 Å². The van der Waals surface area contributed by atoms with E-state index in [1.54, 1.807) is 0 Å². The fraction of sp³-hybridized carbons (Fsp3) is 0.278. The topological polar surface area (TPSA) is 0 Å². The molecule has 0 N–H and O–H groups in total. The van der Waals surface area contributed by atoms with Gasteiger partial charge in [0.2, 0.25) is 0 Å². The maximum absolute atomic E-state index is 5.57. The summed E-state index contributed by atoms with van der Waals surface area (Å²) < 4.78 is 0. The Labute approximate surface area is 121 Å². The molecule has 19 heavy (non-hydrogen) atoms. The van der Waals surface area contributed by atoms with Crippen LogP contribution in [0.25, 0.3) is 0 Å². The second-order valence-electron chi connectivity index (χ2n) is 6.02. The van der Waals surface area contributed by atoms with Gasteiger partial charge in [0.1, 0.15) is 0 Å². The SMILES string of the molecule is Cc1ccc(C(=S)c2ccc(C(C)(C)C)cc2)cc1. The molecule has 0 aliphatic rings. The van der Waals surface area contributed by atoms with Crippen molar-refractivity contribution in [2.24, 2.45) is 0 Å². The summed E-state index contributed by atoms with van der Waals surface area (Å²) >= 11 is 5.57. The highest BCUT2D eigenvalue weighted by atomic mass is 32.1. The average molecular weight is 268 g/mol. The summed E-state index contributed by atoms with van der Waals surface area (Å²) in [5.74, 6) is 0. The molecule has 2 aromatic carbocycles. The summed E-state index contributed by atoms with van der Waals surface area (Å²) in [4.78, 5) is 0.917. The number of benzene rings is 2. The van der Waals surface area contributed by atoms with Gasteiger partial charge in [0.05, 0.1) is 4.86 Å². The predicted octanol–water partition coefficient (Wildman–Crippen LogP) is 5.06. The molecule has 0 radical (unpaired) electrons. The first-order chi connectivity index (χ1) is 8.88. The molecule has 0 heterocycles. The summed E-state index contributed by atoms with van der Waals surface area (Å²) in [6.07, 6.45) is 0. The molecule has 0 aliphatic heterocycles. The predicted molar refractivity (Wildman–Crippen MR) is 87.1 cm³/mol. The first kappa shape index (κ1) is 14.0. The van der Waals surface area contributed by atoms with Crippen LogP contribution in [0.1, 0.15) is 43.0 Å². The van der Waals surface area contributed by atoms with Crippen LogP contribution < -0.4 is 0 Å². The first-order valence-electron chi connectivity index (χ1n) is 6.60. The van der Waals surface area contributed by atoms with E-state index in [9.17, 15) is 0 Å². The minimum absolute atomic E-state index is 0.185. The Morgan fingerprint density at radius 2 is 1.21 bits per heavy atom. The molecule has 0 spiro atoms. The minimum Gasteiger partial charge on any atom is -0.0788 e. The van der Waals surface area contributed by atoms with Crippen LogP contribution in [0.3, 0.4) is 0 Å². The van der Waals surface area contributed by atoms with E-state index in [0.29, 0.717) is 0 Å². The van der Waals surface area contributed by atoms with Gasteiger partial charge >= 0.3 is 0 Å². The lowest BCUT2D eigenvalue weighted by molar-refractivity contribution is 0.590. The van der Waals surface area contributed by atoms with E-state index < -0.39 is 0 Å². The van der Waals surface area contributed by atoms with Crippen molar-refractivity contribution >= 4 is 17.1 Å². The number of hydrogen-bond donors (Lipinski definition) is 0. The fourth-order valence-electron chi connectivity index (χ4n) is 1.99. The molecule has 0 unspecified atom stereocenters. The molecular weight excluding hydrogens is 248 g/mol. The van der Waals surface area contributed by atoms with Crippen molar-refractivity contribution in [2.45, 2.75) is 33.1 Å². The van der Waals surface area contributed by atoms with E-state index in [4.69, 9.17) is 12.2 Å². The second kappa shape index (κ2) is 5.26. The smallest absolute Gasteiger partial charge is 0.0521 e. The molecule has 1 heteroatoms. The molecule has 0 atom stereocenters. The van der Waals surface area contributed by atoms with Gasteiger partial charge in [0.15, 0.2) is 0 Å². The van der Waals surface area contributed by atoms with Crippen LogP contribution in [-0.4, -0.2) is 4.86 Å². The normalized spacial score (nSPS) is 11.4. The Morgan fingerprint density at radius 1 is 0.789 bits per heavy atom. The van der Waals surface area contributed by atoms with Crippen molar-refractivity contribution < 1.29 is 0 Å². The summed E-state index contributed by atoms with van der Waals surface area (Å²) in [6.45, 7) is 8.76. The molecule has 2 rings (SSSR count). The van der Waals surface area contributed by atoms with Crippen molar-refractivity contribution in [1.29, 1.82) is 0 Å². The zero-order valence-corrected chi connectivity index (χ0v) is 12.8. The van der Waals surface area contributed by atoms with Gasteiger partial charge < -0.3 is 0 Å². The molecular formula is C18H20S. The summed E-state index contributed by atoms with van der Waals surface area (Å²) in [7, 11) is 0. The van der Waals surface area contributed by atoms with Crippen LogP contribution in [0.2, 0.25) is 0 Å². The molecule has 2 aromatic rings. The molecule has 0 fully saturated rings. The highest BCUT2D eigenvalue weighted by molar-refractivity contribution is 7.81. The van der Waals surface area contributed by atoms with Crippen molar-refractivity contribution in [2.75, 3.05) is 0 Å². The molecule has 0 nitrogen and oxygen atoms in total. The zero-order chi connectivity index (χ0) is 14.0. The van der Waals surface area contributed by atoms with Crippen molar-refractivity contribution in [3.05, 3.63) is 70.8 Å². The van der Waals surface area contributed by atoms with Crippen LogP contribution in [0.4, 0.5) is 0 Å². The Kier molecular flexibility index (Phi) is 3.86. The monoisotopic (exact) mass is 268 g/mol. The van der Waals surface area contributed by atoms with Crippen molar-refractivity contribution in [1.82, 2.24) is 0 Å². The van der Waals surface area contributed by atoms with E-state index in [1.165, 1.54) is 11.1 Å². The fourth-order valence-corrected chi connectivity index (χ4v) is 2.27. The third-order valence-electron chi connectivity index (χ3n) is 3.33. The van der Waals surface area contributed by atoms with Gasteiger partial charge in [0.25, 0.3) is 0 Å². The highest BCUT2D eigenvalue weighted by Gasteiger charge is 2.13. The molecule has 0 aromatic heterocycles. The van der Waals surface area contributed by atoms with Gasteiger partial charge in [0, 0.05) is 0 Å². The number of thiocarbonyl (C=S) groups is 1. The molecule has 0 saturated carbocycles. The maximum atomic E-state index is 5.57. The van der Waals surface area contributed by atoms with Gasteiger partial charge in [-0.05, 0) is 29.0 Å². The van der Waals surface area contributed by atoms with Crippen molar-refractivity contribution in [3.8, 4) is 0 Å². The zero-order valence-electron chi connectivity index (χ0n) is 12.0. The number of aryl methyl sites for hydroxylation is 1. The molecule has 98 valence electrons. The third-order valence-corrected chi connectivity index (χ3v) is 3.80. The summed E-state index contributed by atoms with van der Waals surface area (Å²) in [5, 5.41) is 0. The molecule has 0 saturated heterocycles. The van der Waals surface area contributed by atoms with Crippen LogP contribution in [0.5, 0.6) is 0 Å². The van der Waals surface area contributed by atoms with Crippen LogP contribution >= 0.6 is 12.2 Å². The lowest BCUT2D eigenvalue weighted by Crippen LogP contribution is -2.11. The highest BCUT2D eigenvalue weighted by Crippen LogP contribution is 2.23. The summed E-state index contributed by atoms with van der Waals surface area (Å²) in [5.41, 5.74) is 5.01. The Hall–Kier alpha value is -1.47. The molecule has 0 amide bonds. The first-order valence-corrected chi connectivity index (χ1v) is 7.01. The number of hydrogen-bond acceptors (Lipinski definition) is 1. The summed E-state index contributed by atoms with van der Waals surface area (Å²) in [6, 6.07) is 17.0. The third kappa shape index (κ3) is 3.30. The van der Waals surface area contributed by atoms with Crippen LogP contribution in [0.15, 0.2) is 48.5 Å². The van der Waals surface area contributed by atoms with Crippen molar-refractivity contribution in [3.63, 3.8) is 0 Å². The Balaban J connectivity index is 2.27. The maximum Gasteiger partial charge on any atom is 0.0521 e.